The molecule has 5 nitrogen and oxygen atoms in total. The minimum absolute atomic E-state index is 0.122. The average molecular weight is 376 g/mol. The Labute approximate surface area is 152 Å². The van der Waals surface area contributed by atoms with E-state index in [2.05, 4.69) is 5.32 Å². The highest BCUT2D eigenvalue weighted by molar-refractivity contribution is 7.89. The molecule has 2 aromatic carbocycles. The van der Waals surface area contributed by atoms with Gasteiger partial charge in [0, 0.05) is 25.2 Å². The summed E-state index contributed by atoms with van der Waals surface area (Å²) in [4.78, 5) is 11.9. The van der Waals surface area contributed by atoms with Gasteiger partial charge >= 0.3 is 0 Å². The maximum atomic E-state index is 14.1. The molecule has 0 radical (unpaired) electrons. The van der Waals surface area contributed by atoms with Gasteiger partial charge in [-0.1, -0.05) is 29.8 Å². The standard InChI is InChI=1S/C19H21FN2O3S/c1-14-4-6-15(7-5-14)13-21-19(23)16-8-9-17(20)18(12-16)26(24,25)22-10-2-3-11-22/h4-9,12H,2-3,10-11,13H2,1H3,(H,21,23). The second kappa shape index (κ2) is 7.55. The Morgan fingerprint density at radius 3 is 2.42 bits per heavy atom. The van der Waals surface area contributed by atoms with Crippen molar-refractivity contribution in [1.29, 1.82) is 0 Å². The van der Waals surface area contributed by atoms with Crippen molar-refractivity contribution < 1.29 is 17.6 Å². The van der Waals surface area contributed by atoms with Gasteiger partial charge in [-0.3, -0.25) is 4.79 Å². The van der Waals surface area contributed by atoms with Crippen molar-refractivity contribution in [1.82, 2.24) is 9.62 Å². The monoisotopic (exact) mass is 376 g/mol. The molecular formula is C19H21FN2O3S. The van der Waals surface area contributed by atoms with E-state index in [1.54, 1.807) is 0 Å². The van der Waals surface area contributed by atoms with Gasteiger partial charge in [0.2, 0.25) is 10.0 Å². The minimum Gasteiger partial charge on any atom is -0.348 e. The van der Waals surface area contributed by atoms with Gasteiger partial charge in [-0.15, -0.1) is 0 Å². The molecule has 3 rings (SSSR count). The average Bonchev–Trinajstić information content (AvgIpc) is 3.17. The predicted octanol–water partition coefficient (Wildman–Crippen LogP) is 2.85. The van der Waals surface area contributed by atoms with E-state index in [4.69, 9.17) is 0 Å². The lowest BCUT2D eigenvalue weighted by atomic mass is 10.1. The molecule has 26 heavy (non-hydrogen) atoms. The predicted molar refractivity (Wildman–Crippen MR) is 96.7 cm³/mol. The maximum Gasteiger partial charge on any atom is 0.251 e. The number of hydrogen-bond acceptors (Lipinski definition) is 3. The molecule has 1 N–H and O–H groups in total. The van der Waals surface area contributed by atoms with E-state index in [-0.39, 0.29) is 5.56 Å². The van der Waals surface area contributed by atoms with Gasteiger partial charge in [0.15, 0.2) is 0 Å². The molecule has 0 aromatic heterocycles. The molecule has 1 fully saturated rings. The quantitative estimate of drug-likeness (QED) is 0.873. The maximum absolute atomic E-state index is 14.1. The van der Waals surface area contributed by atoms with Gasteiger partial charge in [0.05, 0.1) is 0 Å². The van der Waals surface area contributed by atoms with Crippen LogP contribution >= 0.6 is 0 Å². The summed E-state index contributed by atoms with van der Waals surface area (Å²) in [6.45, 7) is 3.05. The van der Waals surface area contributed by atoms with Crippen LogP contribution in [0.4, 0.5) is 4.39 Å². The second-order valence-corrected chi connectivity index (χ2v) is 8.33. The lowest BCUT2D eigenvalue weighted by Gasteiger charge is -2.16. The van der Waals surface area contributed by atoms with Crippen LogP contribution in [0.25, 0.3) is 0 Å². The third kappa shape index (κ3) is 3.94. The summed E-state index contributed by atoms with van der Waals surface area (Å²) in [5.41, 5.74) is 2.17. The molecule has 1 amide bonds. The molecule has 2 aromatic rings. The summed E-state index contributed by atoms with van der Waals surface area (Å²) in [6, 6.07) is 11.1. The van der Waals surface area contributed by atoms with Crippen molar-refractivity contribution in [2.24, 2.45) is 0 Å². The van der Waals surface area contributed by atoms with E-state index in [9.17, 15) is 17.6 Å². The van der Waals surface area contributed by atoms with Gasteiger partial charge in [-0.25, -0.2) is 12.8 Å². The summed E-state index contributed by atoms with van der Waals surface area (Å²) >= 11 is 0. The van der Waals surface area contributed by atoms with Crippen molar-refractivity contribution in [2.45, 2.75) is 31.2 Å². The molecular weight excluding hydrogens is 355 g/mol. The fraction of sp³-hybridized carbons (Fsp3) is 0.316. The number of rotatable bonds is 5. The zero-order chi connectivity index (χ0) is 18.7. The van der Waals surface area contributed by atoms with Gasteiger partial charge in [-0.2, -0.15) is 4.31 Å². The van der Waals surface area contributed by atoms with Crippen LogP contribution in [0, 0.1) is 12.7 Å². The third-order valence-corrected chi connectivity index (χ3v) is 6.36. The van der Waals surface area contributed by atoms with E-state index in [0.717, 1.165) is 36.1 Å². The number of halogens is 1. The molecule has 0 saturated carbocycles. The van der Waals surface area contributed by atoms with E-state index >= 15 is 0 Å². The Kier molecular flexibility index (Phi) is 5.38. The Morgan fingerprint density at radius 1 is 1.12 bits per heavy atom. The molecule has 7 heteroatoms. The smallest absolute Gasteiger partial charge is 0.251 e. The first kappa shape index (κ1) is 18.5. The Hall–Kier alpha value is -2.25. The van der Waals surface area contributed by atoms with Crippen LogP contribution in [-0.4, -0.2) is 31.7 Å². The van der Waals surface area contributed by atoms with E-state index in [1.165, 1.54) is 10.4 Å². The highest BCUT2D eigenvalue weighted by Gasteiger charge is 2.30. The summed E-state index contributed by atoms with van der Waals surface area (Å²) in [5.74, 6) is -1.28. The van der Waals surface area contributed by atoms with Crippen LogP contribution in [-0.2, 0) is 16.6 Å². The van der Waals surface area contributed by atoms with E-state index in [1.807, 2.05) is 31.2 Å². The fourth-order valence-corrected chi connectivity index (χ4v) is 4.51. The lowest BCUT2D eigenvalue weighted by molar-refractivity contribution is 0.0950. The van der Waals surface area contributed by atoms with Crippen molar-refractivity contribution in [3.05, 3.63) is 65.0 Å². The normalized spacial score (nSPS) is 15.2. The molecule has 138 valence electrons. The molecule has 1 aliphatic heterocycles. The lowest BCUT2D eigenvalue weighted by Crippen LogP contribution is -2.29. The Bertz CT molecular complexity index is 905. The Morgan fingerprint density at radius 2 is 1.77 bits per heavy atom. The molecule has 1 heterocycles. The largest absolute Gasteiger partial charge is 0.348 e. The van der Waals surface area contributed by atoms with Gasteiger partial charge in [0.1, 0.15) is 10.7 Å². The zero-order valence-corrected chi connectivity index (χ0v) is 15.4. The zero-order valence-electron chi connectivity index (χ0n) is 14.5. The van der Waals surface area contributed by atoms with Crippen molar-refractivity contribution in [3.63, 3.8) is 0 Å². The van der Waals surface area contributed by atoms with Gasteiger partial charge in [0.25, 0.3) is 5.91 Å². The first-order valence-electron chi connectivity index (χ1n) is 8.51. The van der Waals surface area contributed by atoms with E-state index < -0.39 is 26.6 Å². The molecule has 0 aliphatic carbocycles. The molecule has 1 aliphatic rings. The SMILES string of the molecule is Cc1ccc(CNC(=O)c2ccc(F)c(S(=O)(=O)N3CCCC3)c2)cc1. The second-order valence-electron chi connectivity index (χ2n) is 6.42. The molecule has 1 saturated heterocycles. The summed E-state index contributed by atoms with van der Waals surface area (Å²) in [5, 5.41) is 2.73. The van der Waals surface area contributed by atoms with Crippen LogP contribution in [0.3, 0.4) is 0 Å². The van der Waals surface area contributed by atoms with Gasteiger partial charge in [-0.05, 0) is 43.5 Å². The van der Waals surface area contributed by atoms with Gasteiger partial charge < -0.3 is 5.32 Å². The van der Waals surface area contributed by atoms with E-state index in [0.29, 0.717) is 19.6 Å². The van der Waals surface area contributed by atoms with Crippen LogP contribution in [0.15, 0.2) is 47.4 Å². The number of carbonyl (C=O) groups excluding carboxylic acids is 1. The number of hydrogen-bond donors (Lipinski definition) is 1. The number of carbonyl (C=O) groups is 1. The first-order valence-corrected chi connectivity index (χ1v) is 9.95. The summed E-state index contributed by atoms with van der Waals surface area (Å²) in [6.07, 6.45) is 1.52. The minimum atomic E-state index is -3.92. The molecule has 0 bridgehead atoms. The Balaban J connectivity index is 1.78. The van der Waals surface area contributed by atoms with Crippen LogP contribution in [0.5, 0.6) is 0 Å². The third-order valence-electron chi connectivity index (χ3n) is 4.45. The number of aryl methyl sites for hydroxylation is 1. The highest BCUT2D eigenvalue weighted by Crippen LogP contribution is 2.24. The number of benzene rings is 2. The van der Waals surface area contributed by atoms with Crippen LogP contribution in [0.2, 0.25) is 0 Å². The van der Waals surface area contributed by atoms with Crippen molar-refractivity contribution in [3.8, 4) is 0 Å². The highest BCUT2D eigenvalue weighted by atomic mass is 32.2. The first-order chi connectivity index (χ1) is 12.4. The summed E-state index contributed by atoms with van der Waals surface area (Å²) in [7, 11) is -3.92. The summed E-state index contributed by atoms with van der Waals surface area (Å²) < 4.78 is 40.6. The van der Waals surface area contributed by atoms with Crippen molar-refractivity contribution >= 4 is 15.9 Å². The number of nitrogens with zero attached hydrogens (tertiary/aromatic N) is 1. The van der Waals surface area contributed by atoms with Crippen LogP contribution in [0.1, 0.15) is 34.3 Å². The number of amides is 1. The van der Waals surface area contributed by atoms with Crippen LogP contribution < -0.4 is 5.32 Å². The molecule has 0 unspecified atom stereocenters. The fourth-order valence-electron chi connectivity index (χ4n) is 2.90. The van der Waals surface area contributed by atoms with Crippen molar-refractivity contribution in [2.75, 3.05) is 13.1 Å². The molecule has 0 atom stereocenters. The topological polar surface area (TPSA) is 66.5 Å². The number of nitrogens with one attached hydrogen (secondary N) is 1. The molecule has 0 spiro atoms. The number of sulfonamides is 1.